The van der Waals surface area contributed by atoms with Gasteiger partial charge in [-0.15, -0.1) is 0 Å². The first-order valence-electron chi connectivity index (χ1n) is 4.33. The number of fused-ring (bicyclic) bond motifs is 1. The summed E-state index contributed by atoms with van der Waals surface area (Å²) in [4.78, 5) is 0. The van der Waals surface area contributed by atoms with Crippen molar-refractivity contribution in [3.8, 4) is 0 Å². The average molecular weight is 274 g/mol. The van der Waals surface area contributed by atoms with Crippen molar-refractivity contribution in [3.05, 3.63) is 45.3 Å². The summed E-state index contributed by atoms with van der Waals surface area (Å²) in [6.45, 7) is 0. The highest BCUT2D eigenvalue weighted by molar-refractivity contribution is 9.11. The monoisotopic (exact) mass is 273 g/mol. The van der Waals surface area contributed by atoms with Gasteiger partial charge in [0.2, 0.25) is 0 Å². The van der Waals surface area contributed by atoms with E-state index in [0.29, 0.717) is 5.56 Å². The minimum Gasteiger partial charge on any atom is -0.399 e. The van der Waals surface area contributed by atoms with Crippen molar-refractivity contribution in [1.82, 2.24) is 0 Å². The Morgan fingerprint density at radius 3 is 2.60 bits per heavy atom. The van der Waals surface area contributed by atoms with Gasteiger partial charge in [-0.1, -0.05) is 28.1 Å². The molecule has 4 N–H and O–H groups in total. The Balaban J connectivity index is 2.67. The zero-order valence-corrected chi connectivity index (χ0v) is 9.20. The molecule has 0 aromatic heterocycles. The number of benzene rings is 1. The van der Waals surface area contributed by atoms with Gasteiger partial charge in [0.1, 0.15) is 18.0 Å². The number of aliphatic hydroxyl groups excluding tert-OH is 2. The summed E-state index contributed by atoms with van der Waals surface area (Å²) in [6, 6.07) is 4.24. The van der Waals surface area contributed by atoms with Crippen LogP contribution in [0.3, 0.4) is 0 Å². The summed E-state index contributed by atoms with van der Waals surface area (Å²) in [5, 5.41) is 19.5. The van der Waals surface area contributed by atoms with E-state index in [1.807, 2.05) is 0 Å². The Morgan fingerprint density at radius 2 is 1.93 bits per heavy atom. The van der Waals surface area contributed by atoms with Crippen LogP contribution in [-0.4, -0.2) is 10.2 Å². The molecule has 1 aromatic rings. The highest BCUT2D eigenvalue weighted by Gasteiger charge is 2.32. The lowest BCUT2D eigenvalue weighted by atomic mass is 9.90. The van der Waals surface area contributed by atoms with Crippen LogP contribution in [-0.2, 0) is 0 Å². The molecule has 0 saturated heterocycles. The maximum Gasteiger partial charge on any atom is 0.129 e. The topological polar surface area (TPSA) is 66.5 Å². The normalized spacial score (nSPS) is 25.3. The fourth-order valence-corrected chi connectivity index (χ4v) is 2.11. The molecule has 0 bridgehead atoms. The molecule has 0 spiro atoms. The van der Waals surface area contributed by atoms with Gasteiger partial charge in [0.25, 0.3) is 0 Å². The van der Waals surface area contributed by atoms with Gasteiger partial charge in [-0.25, -0.2) is 4.39 Å². The van der Waals surface area contributed by atoms with Gasteiger partial charge in [0, 0.05) is 10.0 Å². The Kier molecular flexibility index (Phi) is 2.54. The van der Waals surface area contributed by atoms with Crippen LogP contribution >= 0.6 is 15.9 Å². The van der Waals surface area contributed by atoms with Gasteiger partial charge in [-0.2, -0.15) is 0 Å². The van der Waals surface area contributed by atoms with Gasteiger partial charge in [-0.3, -0.25) is 0 Å². The zero-order chi connectivity index (χ0) is 11.2. The Bertz CT molecular complexity index is 447. The minimum absolute atomic E-state index is 0.0751. The summed E-state index contributed by atoms with van der Waals surface area (Å²) in [5.41, 5.74) is 6.07. The molecule has 1 aliphatic rings. The third kappa shape index (κ3) is 1.47. The standard InChI is InChI=1S/C10H9BrFNO2/c11-7-8(13)9(14)4-2-1-3-5(12)6(4)10(7)15/h1-3,9-10,14-15H,13H2. The lowest BCUT2D eigenvalue weighted by Crippen LogP contribution is -2.22. The molecule has 1 aliphatic carbocycles. The van der Waals surface area contributed by atoms with E-state index in [-0.39, 0.29) is 15.7 Å². The fourth-order valence-electron chi connectivity index (χ4n) is 1.66. The van der Waals surface area contributed by atoms with Crippen LogP contribution in [0.15, 0.2) is 28.4 Å². The second-order valence-electron chi connectivity index (χ2n) is 3.35. The summed E-state index contributed by atoms with van der Waals surface area (Å²) in [6.07, 6.45) is -2.22. The Morgan fingerprint density at radius 1 is 1.27 bits per heavy atom. The fraction of sp³-hybridized carbons (Fsp3) is 0.200. The maximum atomic E-state index is 13.4. The quantitative estimate of drug-likeness (QED) is 0.671. The SMILES string of the molecule is NC1=C(Br)C(O)c2c(F)cccc2C1O. The van der Waals surface area contributed by atoms with E-state index in [1.54, 1.807) is 6.07 Å². The van der Waals surface area contributed by atoms with E-state index in [0.717, 1.165) is 0 Å². The van der Waals surface area contributed by atoms with Crippen molar-refractivity contribution in [3.63, 3.8) is 0 Å². The second kappa shape index (κ2) is 3.59. The van der Waals surface area contributed by atoms with E-state index < -0.39 is 18.0 Å². The van der Waals surface area contributed by atoms with Crippen molar-refractivity contribution < 1.29 is 14.6 Å². The summed E-state index contributed by atoms with van der Waals surface area (Å²) < 4.78 is 13.7. The first kappa shape index (κ1) is 10.6. The Labute approximate surface area is 94.2 Å². The van der Waals surface area contributed by atoms with Gasteiger partial charge < -0.3 is 15.9 Å². The predicted molar refractivity (Wildman–Crippen MR) is 56.5 cm³/mol. The van der Waals surface area contributed by atoms with Gasteiger partial charge in [-0.05, 0) is 11.6 Å². The second-order valence-corrected chi connectivity index (χ2v) is 4.21. The van der Waals surface area contributed by atoms with Crippen LogP contribution in [0.2, 0.25) is 0 Å². The molecule has 0 amide bonds. The lowest BCUT2D eigenvalue weighted by Gasteiger charge is -2.27. The van der Waals surface area contributed by atoms with Crippen LogP contribution in [0.4, 0.5) is 4.39 Å². The molecule has 2 atom stereocenters. The van der Waals surface area contributed by atoms with Crippen molar-refractivity contribution in [1.29, 1.82) is 0 Å². The minimum atomic E-state index is -1.15. The summed E-state index contributed by atoms with van der Waals surface area (Å²) >= 11 is 3.04. The number of hydrogen-bond donors (Lipinski definition) is 3. The van der Waals surface area contributed by atoms with Crippen molar-refractivity contribution >= 4 is 15.9 Å². The maximum absolute atomic E-state index is 13.4. The van der Waals surface area contributed by atoms with Gasteiger partial charge in [0.15, 0.2) is 0 Å². The molecule has 0 heterocycles. The van der Waals surface area contributed by atoms with E-state index >= 15 is 0 Å². The first-order valence-corrected chi connectivity index (χ1v) is 5.12. The van der Waals surface area contributed by atoms with E-state index in [4.69, 9.17) is 5.73 Å². The van der Waals surface area contributed by atoms with Crippen LogP contribution in [0.5, 0.6) is 0 Å². The molecule has 5 heteroatoms. The number of aliphatic hydroxyl groups is 2. The number of rotatable bonds is 0. The molecule has 0 radical (unpaired) electrons. The van der Waals surface area contributed by atoms with E-state index in [2.05, 4.69) is 15.9 Å². The molecule has 80 valence electrons. The third-order valence-electron chi connectivity index (χ3n) is 2.47. The van der Waals surface area contributed by atoms with E-state index in [1.165, 1.54) is 12.1 Å². The summed E-state index contributed by atoms with van der Waals surface area (Å²) in [5.74, 6) is -0.552. The molecule has 3 nitrogen and oxygen atoms in total. The molecular weight excluding hydrogens is 265 g/mol. The molecule has 2 unspecified atom stereocenters. The molecule has 0 fully saturated rings. The molecule has 2 rings (SSSR count). The molecule has 0 saturated carbocycles. The first-order chi connectivity index (χ1) is 7.04. The van der Waals surface area contributed by atoms with Crippen molar-refractivity contribution in [2.24, 2.45) is 5.73 Å². The highest BCUT2D eigenvalue weighted by Crippen LogP contribution is 2.41. The van der Waals surface area contributed by atoms with Crippen LogP contribution in [0.25, 0.3) is 0 Å². The van der Waals surface area contributed by atoms with Crippen LogP contribution < -0.4 is 5.73 Å². The lowest BCUT2D eigenvalue weighted by molar-refractivity contribution is 0.171. The van der Waals surface area contributed by atoms with Crippen molar-refractivity contribution in [2.45, 2.75) is 12.2 Å². The van der Waals surface area contributed by atoms with Crippen molar-refractivity contribution in [2.75, 3.05) is 0 Å². The van der Waals surface area contributed by atoms with Crippen LogP contribution in [0.1, 0.15) is 23.3 Å². The molecule has 0 aliphatic heterocycles. The van der Waals surface area contributed by atoms with Gasteiger partial charge in [0.05, 0.1) is 5.70 Å². The predicted octanol–water partition coefficient (Wildman–Crippen LogP) is 1.47. The van der Waals surface area contributed by atoms with Gasteiger partial charge >= 0.3 is 0 Å². The molecule has 15 heavy (non-hydrogen) atoms. The third-order valence-corrected chi connectivity index (χ3v) is 3.36. The number of hydrogen-bond acceptors (Lipinski definition) is 3. The number of halogens is 2. The summed E-state index contributed by atoms with van der Waals surface area (Å²) in [7, 11) is 0. The smallest absolute Gasteiger partial charge is 0.129 e. The largest absolute Gasteiger partial charge is 0.399 e. The average Bonchev–Trinajstić information content (AvgIpc) is 2.23. The van der Waals surface area contributed by atoms with E-state index in [9.17, 15) is 14.6 Å². The Hall–Kier alpha value is -0.910. The molecular formula is C10H9BrFNO2. The highest BCUT2D eigenvalue weighted by atomic mass is 79.9. The number of nitrogens with two attached hydrogens (primary N) is 1. The zero-order valence-electron chi connectivity index (χ0n) is 7.61. The van der Waals surface area contributed by atoms with Crippen LogP contribution in [0, 0.1) is 5.82 Å². The molecule has 1 aromatic carbocycles.